The van der Waals surface area contributed by atoms with Crippen LogP contribution in [-0.2, 0) is 4.79 Å². The number of carbonyl (C=O) groups is 1. The van der Waals surface area contributed by atoms with Crippen molar-refractivity contribution in [3.05, 3.63) is 30.7 Å². The van der Waals surface area contributed by atoms with Gasteiger partial charge in [-0.05, 0) is 50.7 Å². The van der Waals surface area contributed by atoms with Gasteiger partial charge in [0.1, 0.15) is 12.0 Å². The number of carbonyl (C=O) groups excluding carboxylic acids is 1. The maximum atomic E-state index is 17.0. The number of hydrogen-bond donors (Lipinski definition) is 4. The van der Waals surface area contributed by atoms with Gasteiger partial charge in [0, 0.05) is 23.7 Å². The number of aliphatic hydroxyl groups excluding tert-OH is 2. The van der Waals surface area contributed by atoms with Crippen LogP contribution in [0.3, 0.4) is 0 Å². The van der Waals surface area contributed by atoms with Crippen LogP contribution in [0, 0.1) is 40.9 Å². The monoisotopic (exact) mass is 404 g/mol. The summed E-state index contributed by atoms with van der Waals surface area (Å²) in [5, 5.41) is 40.2. The van der Waals surface area contributed by atoms with E-state index < -0.39 is 52.4 Å². The van der Waals surface area contributed by atoms with Gasteiger partial charge in [-0.3, -0.25) is 4.79 Å². The predicted octanol–water partition coefficient (Wildman–Crippen LogP) is 2.55. The third kappa shape index (κ3) is 2.23. The van der Waals surface area contributed by atoms with E-state index in [9.17, 15) is 20.1 Å². The van der Waals surface area contributed by atoms with Gasteiger partial charge in [-0.15, -0.1) is 0 Å². The maximum absolute atomic E-state index is 17.0. The van der Waals surface area contributed by atoms with E-state index in [0.29, 0.717) is 31.4 Å². The summed E-state index contributed by atoms with van der Waals surface area (Å²) in [5.74, 6) is -2.07. The van der Waals surface area contributed by atoms with Crippen molar-refractivity contribution in [2.75, 3.05) is 6.61 Å². The first kappa shape index (κ1) is 20.8. The predicted molar refractivity (Wildman–Crippen MR) is 107 cm³/mol. The number of ketones is 1. The van der Waals surface area contributed by atoms with Crippen molar-refractivity contribution in [1.29, 1.82) is 5.41 Å². The molecule has 158 valence electrons. The highest BCUT2D eigenvalue weighted by atomic mass is 19.1. The van der Waals surface area contributed by atoms with Crippen molar-refractivity contribution in [1.82, 2.24) is 0 Å². The Kier molecular flexibility index (Phi) is 4.48. The second-order valence-electron chi connectivity index (χ2n) is 9.74. The second-order valence-corrected chi connectivity index (χ2v) is 9.74. The van der Waals surface area contributed by atoms with Gasteiger partial charge in [0.05, 0.1) is 18.7 Å². The molecule has 29 heavy (non-hydrogen) atoms. The van der Waals surface area contributed by atoms with Crippen molar-refractivity contribution < 1.29 is 24.5 Å². The zero-order valence-corrected chi connectivity index (χ0v) is 17.1. The van der Waals surface area contributed by atoms with Gasteiger partial charge < -0.3 is 20.7 Å². The molecule has 8 unspecified atom stereocenters. The summed E-state index contributed by atoms with van der Waals surface area (Å²) in [5.41, 5.74) is -4.98. The van der Waals surface area contributed by atoms with Crippen LogP contribution in [0.1, 0.15) is 46.0 Å². The van der Waals surface area contributed by atoms with Gasteiger partial charge in [-0.25, -0.2) is 4.39 Å². The number of Topliss-reactive ketones (excluding diaryl/α,β-unsaturated/α-hetero) is 1. The quantitative estimate of drug-likeness (QED) is 0.543. The molecule has 8 atom stereocenters. The first-order chi connectivity index (χ1) is 13.5. The lowest BCUT2D eigenvalue weighted by molar-refractivity contribution is -0.212. The minimum absolute atomic E-state index is 0.141. The Labute approximate surface area is 171 Å². The molecule has 0 aromatic heterocycles. The fraction of sp³-hybridized carbons (Fsp3) is 0.696. The molecule has 3 fully saturated rings. The van der Waals surface area contributed by atoms with Gasteiger partial charge >= 0.3 is 0 Å². The highest BCUT2D eigenvalue weighted by Crippen LogP contribution is 2.70. The molecule has 0 aliphatic heterocycles. The van der Waals surface area contributed by atoms with Crippen LogP contribution in [0.2, 0.25) is 0 Å². The van der Waals surface area contributed by atoms with Crippen LogP contribution in [0.25, 0.3) is 0 Å². The van der Waals surface area contributed by atoms with E-state index in [1.807, 2.05) is 6.92 Å². The highest BCUT2D eigenvalue weighted by molar-refractivity contribution is 6.03. The highest BCUT2D eigenvalue weighted by Gasteiger charge is 2.79. The molecule has 6 heteroatoms. The van der Waals surface area contributed by atoms with E-state index >= 15 is 4.39 Å². The minimum Gasteiger partial charge on any atom is -0.390 e. The van der Waals surface area contributed by atoms with Crippen molar-refractivity contribution in [2.24, 2.45) is 28.6 Å². The Morgan fingerprint density at radius 1 is 1.41 bits per heavy atom. The van der Waals surface area contributed by atoms with Gasteiger partial charge in [-0.2, -0.15) is 0 Å². The fourth-order valence-corrected chi connectivity index (χ4v) is 7.28. The molecule has 0 amide bonds. The Morgan fingerprint density at radius 3 is 2.72 bits per heavy atom. The molecule has 0 radical (unpaired) electrons. The molecule has 4 N–H and O–H groups in total. The minimum atomic E-state index is -1.97. The standard InChI is InChI=1S/C23H31FNO4/c1-4-13-10-17-16-6-5-14-9-15(25)7-8-20(14,2)22(16,24)18(27)11-21(17,3)23(13,29)19(28)12-26/h7-9,13,16-18,25-27,29H,3-6,10-12H2,1-2H3/q+1. The number of aliphatic hydroxyl groups is 3. The molecule has 4 aliphatic rings. The summed E-state index contributed by atoms with van der Waals surface area (Å²) in [7, 11) is 0. The number of rotatable bonds is 3. The lowest BCUT2D eigenvalue weighted by Crippen LogP contribution is -2.69. The largest absolute Gasteiger partial charge is 0.390 e. The molecule has 4 rings (SSSR count). The summed E-state index contributed by atoms with van der Waals surface area (Å²) >= 11 is 0. The lowest BCUT2D eigenvalue weighted by atomic mass is 9.44. The molecular weight excluding hydrogens is 373 g/mol. The van der Waals surface area contributed by atoms with Gasteiger partial charge in [-0.1, -0.05) is 18.6 Å². The van der Waals surface area contributed by atoms with E-state index in [-0.39, 0.29) is 12.3 Å². The smallest absolute Gasteiger partial charge is 0.194 e. The third-order valence-electron chi connectivity index (χ3n) is 8.84. The van der Waals surface area contributed by atoms with Crippen molar-refractivity contribution in [3.63, 3.8) is 0 Å². The van der Waals surface area contributed by atoms with Gasteiger partial charge in [0.2, 0.25) is 0 Å². The number of alkyl halides is 1. The Morgan fingerprint density at radius 2 is 2.10 bits per heavy atom. The molecule has 0 saturated heterocycles. The summed E-state index contributed by atoms with van der Waals surface area (Å²) in [6.07, 6.45) is 5.45. The summed E-state index contributed by atoms with van der Waals surface area (Å²) in [6.45, 7) is 7.11. The molecule has 5 nitrogen and oxygen atoms in total. The Balaban J connectivity index is 1.84. The fourth-order valence-electron chi connectivity index (χ4n) is 7.28. The summed E-state index contributed by atoms with van der Waals surface area (Å²) < 4.78 is 17.0. The molecule has 0 heterocycles. The molecule has 0 aromatic rings. The number of hydrogen-bond acceptors (Lipinski definition) is 5. The zero-order valence-electron chi connectivity index (χ0n) is 17.1. The topological polar surface area (TPSA) is 102 Å². The zero-order chi connectivity index (χ0) is 21.4. The second kappa shape index (κ2) is 6.25. The van der Waals surface area contributed by atoms with Crippen LogP contribution in [0.4, 0.5) is 4.39 Å². The van der Waals surface area contributed by atoms with Crippen LogP contribution in [-0.4, -0.2) is 50.8 Å². The molecule has 0 aromatic carbocycles. The van der Waals surface area contributed by atoms with Crippen LogP contribution in [0.5, 0.6) is 0 Å². The summed E-state index contributed by atoms with van der Waals surface area (Å²) in [4.78, 5) is 12.7. The molecule has 0 spiro atoms. The average Bonchev–Trinajstić information content (AvgIpc) is 2.91. The van der Waals surface area contributed by atoms with Gasteiger partial charge in [0.25, 0.3) is 0 Å². The number of fused-ring (bicyclic) bond motifs is 5. The Hall–Kier alpha value is -1.50. The van der Waals surface area contributed by atoms with E-state index in [0.717, 1.165) is 5.57 Å². The first-order valence-corrected chi connectivity index (χ1v) is 10.6. The van der Waals surface area contributed by atoms with Crippen molar-refractivity contribution >= 4 is 11.5 Å². The van der Waals surface area contributed by atoms with E-state index in [2.05, 4.69) is 6.92 Å². The summed E-state index contributed by atoms with van der Waals surface area (Å²) in [6, 6.07) is 0. The van der Waals surface area contributed by atoms with E-state index in [1.54, 1.807) is 25.2 Å². The average molecular weight is 405 g/mol. The molecule has 3 saturated carbocycles. The third-order valence-corrected chi connectivity index (χ3v) is 8.84. The maximum Gasteiger partial charge on any atom is 0.194 e. The van der Waals surface area contributed by atoms with Crippen molar-refractivity contribution in [3.8, 4) is 0 Å². The first-order valence-electron chi connectivity index (χ1n) is 10.6. The molecule has 4 aliphatic carbocycles. The van der Waals surface area contributed by atoms with Crippen LogP contribution < -0.4 is 0 Å². The number of halogens is 1. The van der Waals surface area contributed by atoms with Crippen LogP contribution in [0.15, 0.2) is 23.8 Å². The molecule has 0 bridgehead atoms. The van der Waals surface area contributed by atoms with E-state index in [1.165, 1.54) is 0 Å². The number of nitrogens with one attached hydrogen (secondary N) is 1. The SMILES string of the molecule is [CH2+]C12CC(O)C3(F)C(CCC4=CC(=N)C=CC43C)C1CC(CC)C2(O)C(=O)CO. The normalized spacial score (nSPS) is 51.1. The Bertz CT molecular complexity index is 824. The molecular formula is C23H31FNO4+. The van der Waals surface area contributed by atoms with Gasteiger partial charge in [0.15, 0.2) is 17.1 Å². The van der Waals surface area contributed by atoms with E-state index in [4.69, 9.17) is 5.41 Å². The lowest BCUT2D eigenvalue weighted by Gasteiger charge is -2.60. The van der Waals surface area contributed by atoms with Crippen LogP contribution >= 0.6 is 0 Å². The van der Waals surface area contributed by atoms with Crippen molar-refractivity contribution in [2.45, 2.75) is 63.3 Å². The number of allylic oxidation sites excluding steroid dienone is 4.